The number of rotatable bonds is 8. The highest BCUT2D eigenvalue weighted by Crippen LogP contribution is 2.66. The second kappa shape index (κ2) is 8.68. The number of aliphatic hydroxyl groups excluding tert-OH is 2. The summed E-state index contributed by atoms with van der Waals surface area (Å²) >= 11 is 0. The van der Waals surface area contributed by atoms with E-state index in [1.165, 1.54) is 10.9 Å². The topological polar surface area (TPSA) is 290 Å². The van der Waals surface area contributed by atoms with Crippen LogP contribution in [0.25, 0.3) is 11.2 Å². The van der Waals surface area contributed by atoms with Crippen molar-refractivity contribution in [2.24, 2.45) is 5.92 Å². The normalized spacial score (nSPS) is 27.9. The maximum Gasteiger partial charge on any atom is 0.490 e. The van der Waals surface area contributed by atoms with E-state index in [2.05, 4.69) is 28.1 Å². The van der Waals surface area contributed by atoms with Crippen LogP contribution >= 0.6 is 23.5 Å². The Hall–Kier alpha value is -1.52. The van der Waals surface area contributed by atoms with E-state index in [0.717, 1.165) is 0 Å². The molecule has 6 atom stereocenters. The molecule has 1 fully saturated rings. The van der Waals surface area contributed by atoms with Gasteiger partial charge in [-0.25, -0.2) is 18.7 Å². The SMILES string of the molecule is Nc1nc2c(ncn2[C@@H]2C[C@H](COP(=O)(O)OP(=O)(O)OP(=O)(O)O)C(O)C2O)c(=O)[nH]1. The molecule has 2 aromatic rings. The van der Waals surface area contributed by atoms with Crippen molar-refractivity contribution < 1.29 is 56.6 Å². The van der Waals surface area contributed by atoms with E-state index in [9.17, 15) is 33.6 Å². The second-order valence-electron chi connectivity index (χ2n) is 6.71. The summed E-state index contributed by atoms with van der Waals surface area (Å²) in [7, 11) is -16.6. The molecule has 3 rings (SSSR count). The van der Waals surface area contributed by atoms with E-state index in [4.69, 9.17) is 20.4 Å². The van der Waals surface area contributed by atoms with Gasteiger partial charge in [-0.2, -0.15) is 13.6 Å². The number of hydrogen-bond acceptors (Lipinski definition) is 12. The lowest BCUT2D eigenvalue weighted by Gasteiger charge is -2.19. The average Bonchev–Trinajstić information content (AvgIpc) is 3.12. The van der Waals surface area contributed by atoms with Crippen LogP contribution in [0.5, 0.6) is 0 Å². The third-order valence-electron chi connectivity index (χ3n) is 4.45. The summed E-state index contributed by atoms with van der Waals surface area (Å²) < 4.78 is 46.8. The highest BCUT2D eigenvalue weighted by molar-refractivity contribution is 7.66. The van der Waals surface area contributed by atoms with Crippen molar-refractivity contribution in [2.45, 2.75) is 24.7 Å². The Kier molecular flexibility index (Phi) is 6.81. The summed E-state index contributed by atoms with van der Waals surface area (Å²) in [5.74, 6) is -1.25. The first-order chi connectivity index (χ1) is 14.6. The van der Waals surface area contributed by atoms with Crippen molar-refractivity contribution in [3.8, 4) is 0 Å². The van der Waals surface area contributed by atoms with Gasteiger partial charge in [0.1, 0.15) is 6.10 Å². The zero-order chi connectivity index (χ0) is 24.1. The van der Waals surface area contributed by atoms with Gasteiger partial charge in [0.2, 0.25) is 5.95 Å². The summed E-state index contributed by atoms with van der Waals surface area (Å²) in [4.78, 5) is 57.7. The predicted octanol–water partition coefficient (Wildman–Crippen LogP) is -1.67. The van der Waals surface area contributed by atoms with Crippen molar-refractivity contribution in [1.82, 2.24) is 19.5 Å². The van der Waals surface area contributed by atoms with Crippen LogP contribution in [0, 0.1) is 5.92 Å². The van der Waals surface area contributed by atoms with Gasteiger partial charge in [-0.3, -0.25) is 14.3 Å². The first-order valence-electron chi connectivity index (χ1n) is 8.45. The molecule has 2 aromatic heterocycles. The highest BCUT2D eigenvalue weighted by Gasteiger charge is 2.46. The number of aromatic nitrogens is 4. The summed E-state index contributed by atoms with van der Waals surface area (Å²) in [6.45, 7) is -0.790. The van der Waals surface area contributed by atoms with Crippen LogP contribution in [-0.2, 0) is 26.8 Å². The Morgan fingerprint density at radius 1 is 1.12 bits per heavy atom. The standard InChI is InChI=1S/C11H18N5O13P3/c12-11-14-9-6(10(19)15-11)13-3-16(9)5-1-4(7(17)8(5)18)2-27-31(23,24)29-32(25,26)28-30(20,21)22/h3-5,7-8,17-18H,1-2H2,(H,23,24)(H,25,26)(H2,20,21,22)(H3,12,14,15,19)/t4-,5-,7?,8?/m1/s1. The molecule has 0 saturated heterocycles. The lowest BCUT2D eigenvalue weighted by Crippen LogP contribution is -2.30. The number of nitrogen functional groups attached to an aromatic ring is 1. The number of aromatic amines is 1. The zero-order valence-corrected chi connectivity index (χ0v) is 18.3. The maximum absolute atomic E-state index is 11.9. The zero-order valence-electron chi connectivity index (χ0n) is 15.6. The van der Waals surface area contributed by atoms with Gasteiger partial charge in [0.25, 0.3) is 5.56 Å². The maximum atomic E-state index is 11.9. The van der Waals surface area contributed by atoms with E-state index in [-0.39, 0.29) is 23.5 Å². The molecule has 4 unspecified atom stereocenters. The van der Waals surface area contributed by atoms with E-state index in [0.29, 0.717) is 0 Å². The third kappa shape index (κ3) is 5.69. The Bertz CT molecular complexity index is 1210. The van der Waals surface area contributed by atoms with E-state index in [1.54, 1.807) is 0 Å². The van der Waals surface area contributed by atoms with Gasteiger partial charge >= 0.3 is 23.5 Å². The van der Waals surface area contributed by atoms with Gasteiger partial charge in [0, 0.05) is 5.92 Å². The Morgan fingerprint density at radius 2 is 1.78 bits per heavy atom. The van der Waals surface area contributed by atoms with Crippen LogP contribution in [0.3, 0.4) is 0 Å². The van der Waals surface area contributed by atoms with Crippen LogP contribution in [0.4, 0.5) is 5.95 Å². The monoisotopic (exact) mass is 521 g/mol. The molecule has 0 spiro atoms. The number of phosphoric acid groups is 3. The van der Waals surface area contributed by atoms with Crippen molar-refractivity contribution in [1.29, 1.82) is 0 Å². The molecule has 1 aliphatic rings. The molecule has 180 valence electrons. The first-order valence-corrected chi connectivity index (χ1v) is 13.0. The van der Waals surface area contributed by atoms with Crippen LogP contribution in [0.2, 0.25) is 0 Å². The van der Waals surface area contributed by atoms with Crippen molar-refractivity contribution in [3.63, 3.8) is 0 Å². The Labute approximate surface area is 177 Å². The molecule has 18 nitrogen and oxygen atoms in total. The fraction of sp³-hybridized carbons (Fsp3) is 0.545. The number of H-pyrrole nitrogens is 1. The molecular formula is C11H18N5O13P3. The van der Waals surface area contributed by atoms with Crippen molar-refractivity contribution in [3.05, 3.63) is 16.7 Å². The Morgan fingerprint density at radius 3 is 2.41 bits per heavy atom. The number of aliphatic hydroxyl groups is 2. The minimum atomic E-state index is -5.69. The van der Waals surface area contributed by atoms with E-state index >= 15 is 0 Å². The molecule has 0 bridgehead atoms. The smallest absolute Gasteiger partial charge is 0.390 e. The van der Waals surface area contributed by atoms with Crippen LogP contribution in [-0.4, -0.2) is 68.1 Å². The number of hydrogen-bond donors (Lipinski definition) is 8. The summed E-state index contributed by atoms with van der Waals surface area (Å²) in [6.07, 6.45) is -1.91. The largest absolute Gasteiger partial charge is 0.490 e. The number of phosphoric ester groups is 1. The van der Waals surface area contributed by atoms with Gasteiger partial charge in [-0.15, -0.1) is 0 Å². The van der Waals surface area contributed by atoms with Gasteiger partial charge < -0.3 is 40.1 Å². The Balaban J connectivity index is 1.72. The molecule has 9 N–H and O–H groups in total. The molecule has 1 saturated carbocycles. The van der Waals surface area contributed by atoms with E-state index < -0.39 is 59.8 Å². The van der Waals surface area contributed by atoms with Gasteiger partial charge in [-0.1, -0.05) is 0 Å². The predicted molar refractivity (Wildman–Crippen MR) is 102 cm³/mol. The number of nitrogens with zero attached hydrogens (tertiary/aromatic N) is 3. The van der Waals surface area contributed by atoms with Crippen LogP contribution in [0.15, 0.2) is 11.1 Å². The quantitative estimate of drug-likeness (QED) is 0.180. The van der Waals surface area contributed by atoms with Gasteiger partial charge in [0.15, 0.2) is 11.2 Å². The van der Waals surface area contributed by atoms with Gasteiger partial charge in [0.05, 0.1) is 25.1 Å². The number of nitrogens with two attached hydrogens (primary N) is 1. The lowest BCUT2D eigenvalue weighted by molar-refractivity contribution is -0.00372. The molecular weight excluding hydrogens is 503 g/mol. The molecule has 1 aliphatic carbocycles. The fourth-order valence-corrected chi connectivity index (χ4v) is 6.29. The minimum Gasteiger partial charge on any atom is -0.390 e. The third-order valence-corrected chi connectivity index (χ3v) is 8.25. The van der Waals surface area contributed by atoms with Crippen LogP contribution < -0.4 is 11.3 Å². The van der Waals surface area contributed by atoms with Gasteiger partial charge in [-0.05, 0) is 6.42 Å². The molecule has 0 amide bonds. The molecule has 21 heteroatoms. The average molecular weight is 521 g/mol. The molecule has 2 heterocycles. The highest BCUT2D eigenvalue weighted by atomic mass is 31.3. The number of nitrogens with one attached hydrogen (secondary N) is 1. The molecule has 0 radical (unpaired) electrons. The van der Waals surface area contributed by atoms with Crippen molar-refractivity contribution >= 4 is 40.6 Å². The van der Waals surface area contributed by atoms with E-state index in [1.807, 2.05) is 0 Å². The number of imidazole rings is 1. The summed E-state index contributed by atoms with van der Waals surface area (Å²) in [6, 6.07) is -0.918. The summed E-state index contributed by atoms with van der Waals surface area (Å²) in [5, 5.41) is 20.7. The summed E-state index contributed by atoms with van der Waals surface area (Å²) in [5.41, 5.74) is 4.80. The number of fused-ring (bicyclic) bond motifs is 1. The molecule has 0 aromatic carbocycles. The first kappa shape index (κ1) is 25.1. The van der Waals surface area contributed by atoms with Crippen LogP contribution in [0.1, 0.15) is 12.5 Å². The van der Waals surface area contributed by atoms with Crippen molar-refractivity contribution in [2.75, 3.05) is 12.3 Å². The molecule has 32 heavy (non-hydrogen) atoms. The lowest BCUT2D eigenvalue weighted by atomic mass is 10.1. The minimum absolute atomic E-state index is 0.0102. The second-order valence-corrected chi connectivity index (χ2v) is 11.1. The molecule has 0 aliphatic heterocycles. The fourth-order valence-electron chi connectivity index (χ4n) is 3.22. The number of anilines is 1.